The van der Waals surface area contributed by atoms with Gasteiger partial charge in [-0.2, -0.15) is 5.92 Å². The van der Waals surface area contributed by atoms with Crippen LogP contribution in [0, 0.1) is 12.8 Å². The number of rotatable bonds is 10. The van der Waals surface area contributed by atoms with Crippen LogP contribution in [-0.4, -0.2) is 46.9 Å². The van der Waals surface area contributed by atoms with Gasteiger partial charge in [-0.15, -0.1) is 0 Å². The predicted molar refractivity (Wildman–Crippen MR) is 110 cm³/mol. The average molecular weight is 426 g/mol. The van der Waals surface area contributed by atoms with Crippen molar-refractivity contribution in [2.75, 3.05) is 13.2 Å². The van der Waals surface area contributed by atoms with Crippen molar-refractivity contribution in [2.24, 2.45) is 15.9 Å². The molecule has 28 heavy (non-hydrogen) atoms. The number of hydrogen-bond donors (Lipinski definition) is 3. The first-order valence-corrected chi connectivity index (χ1v) is 9.13. The molecule has 0 bridgehead atoms. The Kier molecular flexibility index (Phi) is 11.2. The third kappa shape index (κ3) is 8.25. The molecule has 3 N–H and O–H groups in total. The normalized spacial score (nSPS) is 13.5. The first-order chi connectivity index (χ1) is 13.1. The average Bonchev–Trinajstić information content (AvgIpc) is 2.66. The van der Waals surface area contributed by atoms with Gasteiger partial charge in [-0.25, -0.2) is 0 Å². The number of hydrogen-bond acceptors (Lipinski definition) is 5. The van der Waals surface area contributed by atoms with Gasteiger partial charge in [-0.05, 0) is 30.7 Å². The molecule has 1 radical (unpaired) electrons. The summed E-state index contributed by atoms with van der Waals surface area (Å²) in [6.07, 6.45) is 5.58. The molecule has 6 heteroatoms. The van der Waals surface area contributed by atoms with Crippen molar-refractivity contribution >= 4 is 12.4 Å². The van der Waals surface area contributed by atoms with Gasteiger partial charge in [0.05, 0.1) is 12.6 Å². The number of para-hydroxylation sites is 2. The zero-order chi connectivity index (χ0) is 19.5. The standard InChI is InChI=1S/C22H27N2O3.Co/c1-17(12-13-25)10-11-20(24-15-19-7-3-5-9-22(19)27)16-23-14-18-6-2-4-8-21(18)26;/h2-9,14-15,17,20,25-27H,1,10-13,16H2;/q-1;. The Balaban J connectivity index is 0.00000392. The molecule has 153 valence electrons. The molecule has 5 nitrogen and oxygen atoms in total. The maximum absolute atomic E-state index is 9.88. The predicted octanol–water partition coefficient (Wildman–Crippen LogP) is 3.61. The molecule has 0 aromatic heterocycles. The van der Waals surface area contributed by atoms with Crippen LogP contribution in [0.2, 0.25) is 0 Å². The molecule has 0 saturated carbocycles. The van der Waals surface area contributed by atoms with E-state index in [1.807, 2.05) is 12.1 Å². The SMILES string of the molecule is [CH2-]C(CCO)CCC(CN=Cc1ccccc1O)N=Cc1ccccc1O.[Co]. The Bertz CT molecular complexity index is 765. The van der Waals surface area contributed by atoms with E-state index in [-0.39, 0.29) is 46.8 Å². The van der Waals surface area contributed by atoms with Crippen molar-refractivity contribution in [1.29, 1.82) is 0 Å². The number of aliphatic hydroxyl groups excluding tert-OH is 1. The second-order valence-corrected chi connectivity index (χ2v) is 6.50. The minimum Gasteiger partial charge on any atom is -0.507 e. The van der Waals surface area contributed by atoms with E-state index in [4.69, 9.17) is 5.11 Å². The van der Waals surface area contributed by atoms with Crippen LogP contribution in [0.4, 0.5) is 0 Å². The molecule has 0 spiro atoms. The van der Waals surface area contributed by atoms with Gasteiger partial charge in [-0.1, -0.05) is 37.1 Å². The van der Waals surface area contributed by atoms with Crippen LogP contribution in [0.5, 0.6) is 11.5 Å². The number of nitrogens with zero attached hydrogens (tertiary/aromatic N) is 2. The van der Waals surface area contributed by atoms with Crippen LogP contribution in [0.25, 0.3) is 0 Å². The summed E-state index contributed by atoms with van der Waals surface area (Å²) in [7, 11) is 0. The minimum absolute atomic E-state index is 0. The van der Waals surface area contributed by atoms with Crippen molar-refractivity contribution in [3.63, 3.8) is 0 Å². The molecular formula is C22H27CoN2O3-. The van der Waals surface area contributed by atoms with E-state index in [1.165, 1.54) is 0 Å². The third-order valence-electron chi connectivity index (χ3n) is 4.29. The molecule has 2 aromatic carbocycles. The summed E-state index contributed by atoms with van der Waals surface area (Å²) >= 11 is 0. The molecule has 2 aromatic rings. The van der Waals surface area contributed by atoms with E-state index in [9.17, 15) is 10.2 Å². The van der Waals surface area contributed by atoms with Crippen molar-refractivity contribution in [3.05, 3.63) is 66.6 Å². The largest absolute Gasteiger partial charge is 0.507 e. The quantitative estimate of drug-likeness (QED) is 0.401. The number of aliphatic imine (C=N–C) groups is 2. The van der Waals surface area contributed by atoms with Gasteiger partial charge in [0.2, 0.25) is 0 Å². The molecular weight excluding hydrogens is 399 g/mol. The summed E-state index contributed by atoms with van der Waals surface area (Å²) in [6.45, 7) is 4.64. The maximum Gasteiger partial charge on any atom is 0.124 e. The topological polar surface area (TPSA) is 85.4 Å². The molecule has 0 saturated heterocycles. The van der Waals surface area contributed by atoms with Crippen LogP contribution in [-0.2, 0) is 16.8 Å². The van der Waals surface area contributed by atoms with Crippen LogP contribution in [0.1, 0.15) is 30.4 Å². The maximum atomic E-state index is 9.88. The monoisotopic (exact) mass is 426 g/mol. The molecule has 2 rings (SSSR count). The van der Waals surface area contributed by atoms with Crippen molar-refractivity contribution in [1.82, 2.24) is 0 Å². The van der Waals surface area contributed by atoms with Crippen LogP contribution in [0.15, 0.2) is 58.5 Å². The Morgan fingerprint density at radius 1 is 0.857 bits per heavy atom. The summed E-state index contributed by atoms with van der Waals surface area (Å²) in [6, 6.07) is 14.0. The Morgan fingerprint density at radius 3 is 2.00 bits per heavy atom. The number of benzene rings is 2. The van der Waals surface area contributed by atoms with Gasteiger partial charge in [0.15, 0.2) is 0 Å². The smallest absolute Gasteiger partial charge is 0.124 e. The minimum atomic E-state index is -0.0744. The Labute approximate surface area is 177 Å². The summed E-state index contributed by atoms with van der Waals surface area (Å²) in [5.74, 6) is 0.546. The fraction of sp³-hybridized carbons (Fsp3) is 0.318. The zero-order valence-electron chi connectivity index (χ0n) is 15.7. The van der Waals surface area contributed by atoms with Crippen LogP contribution in [0.3, 0.4) is 0 Å². The zero-order valence-corrected chi connectivity index (χ0v) is 16.8. The first kappa shape index (κ1) is 23.9. The van der Waals surface area contributed by atoms with Gasteiger partial charge in [0.25, 0.3) is 0 Å². The fourth-order valence-electron chi connectivity index (χ4n) is 2.62. The van der Waals surface area contributed by atoms with Gasteiger partial charge in [0, 0.05) is 46.9 Å². The Hall–Kier alpha value is -2.15. The number of phenols is 2. The number of phenolic OH excluding ortho intramolecular Hbond substituents is 2. The third-order valence-corrected chi connectivity index (χ3v) is 4.29. The van der Waals surface area contributed by atoms with E-state index in [1.54, 1.807) is 48.8 Å². The molecule has 2 unspecified atom stereocenters. The van der Waals surface area contributed by atoms with E-state index in [0.29, 0.717) is 24.1 Å². The Morgan fingerprint density at radius 2 is 1.43 bits per heavy atom. The molecule has 0 aliphatic carbocycles. The van der Waals surface area contributed by atoms with E-state index >= 15 is 0 Å². The van der Waals surface area contributed by atoms with Crippen LogP contribution >= 0.6 is 0 Å². The van der Waals surface area contributed by atoms with E-state index in [2.05, 4.69) is 16.9 Å². The van der Waals surface area contributed by atoms with Gasteiger partial charge >= 0.3 is 0 Å². The summed E-state index contributed by atoms with van der Waals surface area (Å²) in [5, 5.41) is 28.7. The first-order valence-electron chi connectivity index (χ1n) is 9.13. The number of aromatic hydroxyl groups is 2. The van der Waals surface area contributed by atoms with Crippen molar-refractivity contribution in [2.45, 2.75) is 25.3 Å². The van der Waals surface area contributed by atoms with Gasteiger partial charge in [-0.3, -0.25) is 9.98 Å². The van der Waals surface area contributed by atoms with Crippen molar-refractivity contribution < 1.29 is 32.1 Å². The molecule has 0 aliphatic heterocycles. The summed E-state index contributed by atoms with van der Waals surface area (Å²) in [4.78, 5) is 9.02. The summed E-state index contributed by atoms with van der Waals surface area (Å²) < 4.78 is 0. The van der Waals surface area contributed by atoms with Gasteiger partial charge in [0.1, 0.15) is 11.5 Å². The van der Waals surface area contributed by atoms with Gasteiger partial charge < -0.3 is 22.2 Å². The van der Waals surface area contributed by atoms with E-state index in [0.717, 1.165) is 12.8 Å². The number of aliphatic hydroxyl groups is 1. The van der Waals surface area contributed by atoms with Crippen molar-refractivity contribution in [3.8, 4) is 11.5 Å². The molecule has 0 heterocycles. The molecule has 2 atom stereocenters. The van der Waals surface area contributed by atoms with E-state index < -0.39 is 0 Å². The molecule has 0 aliphatic rings. The second kappa shape index (κ2) is 13.1. The molecule has 0 amide bonds. The fourth-order valence-corrected chi connectivity index (χ4v) is 2.62. The molecule has 0 fully saturated rings. The second-order valence-electron chi connectivity index (χ2n) is 6.50. The summed E-state index contributed by atoms with van der Waals surface area (Å²) in [5.41, 5.74) is 1.32. The van der Waals surface area contributed by atoms with Crippen LogP contribution < -0.4 is 0 Å².